The minimum absolute atomic E-state index is 0.215. The molecule has 0 spiro atoms. The van der Waals surface area contributed by atoms with Gasteiger partial charge in [0.15, 0.2) is 0 Å². The van der Waals surface area contributed by atoms with E-state index in [2.05, 4.69) is 6.08 Å². The molecular weight excluding hydrogens is 176 g/mol. The monoisotopic (exact) mass is 192 g/mol. The van der Waals surface area contributed by atoms with Crippen LogP contribution in [0.2, 0.25) is 0 Å². The summed E-state index contributed by atoms with van der Waals surface area (Å²) in [6, 6.07) is 0. The van der Waals surface area contributed by atoms with Crippen molar-refractivity contribution in [1.29, 1.82) is 0 Å². The fourth-order valence-corrected chi connectivity index (χ4v) is 2.01. The van der Waals surface area contributed by atoms with Crippen LogP contribution in [-0.2, 0) is 4.79 Å². The fraction of sp³-hybridized carbons (Fsp3) is 0.583. The van der Waals surface area contributed by atoms with Crippen LogP contribution in [0.5, 0.6) is 0 Å². The van der Waals surface area contributed by atoms with Crippen LogP contribution in [0.25, 0.3) is 0 Å². The number of rotatable bonds is 4. The van der Waals surface area contributed by atoms with Crippen LogP contribution in [0.4, 0.5) is 0 Å². The smallest absolute Gasteiger partial charge is 0.310 e. The van der Waals surface area contributed by atoms with Gasteiger partial charge in [-0.25, -0.2) is 0 Å². The molecule has 2 rings (SSSR count). The van der Waals surface area contributed by atoms with E-state index >= 15 is 0 Å². The first kappa shape index (κ1) is 9.50. The number of hydrogen-bond acceptors (Lipinski definition) is 1. The lowest BCUT2D eigenvalue weighted by molar-refractivity contribution is -0.140. The standard InChI is InChI=1S/C12H16O2/c13-12(14)11(8-9-6-7-9)10-4-2-1-3-5-10/h1-2,4,9,11H,3,5-8H2,(H,13,14). The third-order valence-corrected chi connectivity index (χ3v) is 3.06. The summed E-state index contributed by atoms with van der Waals surface area (Å²) < 4.78 is 0. The summed E-state index contributed by atoms with van der Waals surface area (Å²) in [5.74, 6) is -0.172. The van der Waals surface area contributed by atoms with E-state index in [1.807, 2.05) is 12.2 Å². The van der Waals surface area contributed by atoms with Crippen molar-refractivity contribution in [2.75, 3.05) is 0 Å². The van der Waals surface area contributed by atoms with Crippen molar-refractivity contribution in [1.82, 2.24) is 0 Å². The summed E-state index contributed by atoms with van der Waals surface area (Å²) in [6.07, 6.45) is 11.3. The minimum Gasteiger partial charge on any atom is -0.481 e. The highest BCUT2D eigenvalue weighted by Gasteiger charge is 2.31. The highest BCUT2D eigenvalue weighted by Crippen LogP contribution is 2.38. The molecule has 1 fully saturated rings. The molecule has 2 nitrogen and oxygen atoms in total. The van der Waals surface area contributed by atoms with E-state index in [4.69, 9.17) is 5.11 Å². The van der Waals surface area contributed by atoms with Gasteiger partial charge in [0.2, 0.25) is 0 Å². The van der Waals surface area contributed by atoms with Crippen LogP contribution in [0.15, 0.2) is 23.8 Å². The fourth-order valence-electron chi connectivity index (χ4n) is 2.01. The molecule has 0 aromatic rings. The zero-order valence-corrected chi connectivity index (χ0v) is 8.28. The largest absolute Gasteiger partial charge is 0.481 e. The van der Waals surface area contributed by atoms with E-state index in [9.17, 15) is 4.79 Å². The Kier molecular flexibility index (Phi) is 2.71. The van der Waals surface area contributed by atoms with Gasteiger partial charge in [-0.05, 0) is 25.2 Å². The molecule has 14 heavy (non-hydrogen) atoms. The Morgan fingerprint density at radius 1 is 1.57 bits per heavy atom. The Bertz CT molecular complexity index is 285. The molecule has 1 saturated carbocycles. The molecule has 0 aliphatic heterocycles. The maximum atomic E-state index is 11.1. The zero-order chi connectivity index (χ0) is 9.97. The van der Waals surface area contributed by atoms with Crippen LogP contribution in [-0.4, -0.2) is 11.1 Å². The lowest BCUT2D eigenvalue weighted by Gasteiger charge is -2.17. The molecule has 0 aromatic heterocycles. The van der Waals surface area contributed by atoms with Gasteiger partial charge in [0.05, 0.1) is 5.92 Å². The predicted octanol–water partition coefficient (Wildman–Crippen LogP) is 2.76. The summed E-state index contributed by atoms with van der Waals surface area (Å²) in [7, 11) is 0. The van der Waals surface area contributed by atoms with E-state index in [1.54, 1.807) is 0 Å². The summed E-state index contributed by atoms with van der Waals surface area (Å²) in [6.45, 7) is 0. The molecule has 76 valence electrons. The Labute approximate surface area is 84.3 Å². The SMILES string of the molecule is O=C(O)C(CC1CC1)C1=CC=CCC1. The molecule has 2 heteroatoms. The third-order valence-electron chi connectivity index (χ3n) is 3.06. The average Bonchev–Trinajstić information content (AvgIpc) is 2.99. The zero-order valence-electron chi connectivity index (χ0n) is 8.28. The number of allylic oxidation sites excluding steroid dienone is 3. The molecule has 2 aliphatic carbocycles. The highest BCUT2D eigenvalue weighted by molar-refractivity contribution is 5.73. The molecule has 1 N–H and O–H groups in total. The van der Waals surface area contributed by atoms with Gasteiger partial charge in [0, 0.05) is 0 Å². The number of carboxylic acids is 1. The topological polar surface area (TPSA) is 37.3 Å². The maximum absolute atomic E-state index is 11.1. The Balaban J connectivity index is 2.04. The molecule has 0 saturated heterocycles. The van der Waals surface area contributed by atoms with Crippen LogP contribution in [0.3, 0.4) is 0 Å². The molecule has 1 unspecified atom stereocenters. The summed E-state index contributed by atoms with van der Waals surface area (Å²) in [5.41, 5.74) is 1.12. The van der Waals surface area contributed by atoms with Crippen molar-refractivity contribution in [3.05, 3.63) is 23.8 Å². The van der Waals surface area contributed by atoms with Crippen molar-refractivity contribution in [2.45, 2.75) is 32.1 Å². The van der Waals surface area contributed by atoms with Crippen molar-refractivity contribution >= 4 is 5.97 Å². The summed E-state index contributed by atoms with van der Waals surface area (Å²) in [5, 5.41) is 9.14. The highest BCUT2D eigenvalue weighted by atomic mass is 16.4. The molecule has 0 bridgehead atoms. The number of carboxylic acid groups (broad SMARTS) is 1. The van der Waals surface area contributed by atoms with Crippen molar-refractivity contribution < 1.29 is 9.90 Å². The van der Waals surface area contributed by atoms with Gasteiger partial charge in [-0.2, -0.15) is 0 Å². The maximum Gasteiger partial charge on any atom is 0.310 e. The first-order chi connectivity index (χ1) is 6.77. The van der Waals surface area contributed by atoms with Gasteiger partial charge in [-0.15, -0.1) is 0 Å². The minimum atomic E-state index is -0.640. The molecule has 1 atom stereocenters. The van der Waals surface area contributed by atoms with Crippen molar-refractivity contribution in [3.63, 3.8) is 0 Å². The first-order valence-corrected chi connectivity index (χ1v) is 5.36. The predicted molar refractivity (Wildman–Crippen MR) is 54.9 cm³/mol. The quantitative estimate of drug-likeness (QED) is 0.743. The lowest BCUT2D eigenvalue weighted by atomic mass is 9.88. The lowest BCUT2D eigenvalue weighted by Crippen LogP contribution is -2.17. The molecule has 0 aromatic carbocycles. The van der Waals surface area contributed by atoms with Gasteiger partial charge in [-0.3, -0.25) is 4.79 Å². The molecular formula is C12H16O2. The number of carbonyl (C=O) groups is 1. The average molecular weight is 192 g/mol. The third kappa shape index (κ3) is 2.25. The Hall–Kier alpha value is -1.05. The Morgan fingerprint density at radius 2 is 2.36 bits per heavy atom. The first-order valence-electron chi connectivity index (χ1n) is 5.36. The number of hydrogen-bond donors (Lipinski definition) is 1. The van der Waals surface area contributed by atoms with Crippen LogP contribution in [0.1, 0.15) is 32.1 Å². The number of aliphatic carboxylic acids is 1. The van der Waals surface area contributed by atoms with E-state index in [1.165, 1.54) is 12.8 Å². The van der Waals surface area contributed by atoms with E-state index in [0.717, 1.165) is 24.8 Å². The molecule has 0 radical (unpaired) electrons. The van der Waals surface area contributed by atoms with Crippen molar-refractivity contribution in [3.8, 4) is 0 Å². The Morgan fingerprint density at radius 3 is 2.86 bits per heavy atom. The second-order valence-corrected chi connectivity index (χ2v) is 4.28. The van der Waals surface area contributed by atoms with Gasteiger partial charge < -0.3 is 5.11 Å². The van der Waals surface area contributed by atoms with Crippen LogP contribution in [0, 0.1) is 11.8 Å². The van der Waals surface area contributed by atoms with E-state index in [-0.39, 0.29) is 5.92 Å². The second-order valence-electron chi connectivity index (χ2n) is 4.28. The van der Waals surface area contributed by atoms with Crippen LogP contribution >= 0.6 is 0 Å². The van der Waals surface area contributed by atoms with Gasteiger partial charge in [0.25, 0.3) is 0 Å². The second kappa shape index (κ2) is 3.99. The van der Waals surface area contributed by atoms with E-state index < -0.39 is 5.97 Å². The van der Waals surface area contributed by atoms with Crippen LogP contribution < -0.4 is 0 Å². The van der Waals surface area contributed by atoms with E-state index in [0.29, 0.717) is 5.92 Å². The molecule has 0 amide bonds. The van der Waals surface area contributed by atoms with Crippen molar-refractivity contribution in [2.24, 2.45) is 11.8 Å². The van der Waals surface area contributed by atoms with Gasteiger partial charge in [-0.1, -0.05) is 36.6 Å². The molecule has 2 aliphatic rings. The van der Waals surface area contributed by atoms with Gasteiger partial charge >= 0.3 is 5.97 Å². The summed E-state index contributed by atoms with van der Waals surface area (Å²) >= 11 is 0. The van der Waals surface area contributed by atoms with Gasteiger partial charge in [0.1, 0.15) is 0 Å². The summed E-state index contributed by atoms with van der Waals surface area (Å²) in [4.78, 5) is 11.1. The normalized spacial score (nSPS) is 23.0. The molecule has 0 heterocycles.